The fourth-order valence-corrected chi connectivity index (χ4v) is 4.93. The van der Waals surface area contributed by atoms with Gasteiger partial charge in [0.1, 0.15) is 11.1 Å². The third kappa shape index (κ3) is 3.43. The zero-order chi connectivity index (χ0) is 19.7. The van der Waals surface area contributed by atoms with Crippen LogP contribution in [-0.2, 0) is 29.0 Å². The summed E-state index contributed by atoms with van der Waals surface area (Å²) in [6.45, 7) is 0.232. The van der Waals surface area contributed by atoms with Gasteiger partial charge in [0.05, 0.1) is 12.1 Å². The van der Waals surface area contributed by atoms with Crippen LogP contribution in [0.5, 0.6) is 0 Å². The molecule has 1 N–H and O–H groups in total. The Morgan fingerprint density at radius 1 is 1.07 bits per heavy atom. The first-order valence-corrected chi connectivity index (χ1v) is 10.2. The van der Waals surface area contributed by atoms with E-state index in [1.54, 1.807) is 24.3 Å². The number of thiophene rings is 1. The molecule has 6 nitrogen and oxygen atoms in total. The fourth-order valence-electron chi connectivity index (χ4n) is 3.69. The van der Waals surface area contributed by atoms with E-state index in [1.165, 1.54) is 21.1 Å². The predicted octanol–water partition coefficient (Wildman–Crippen LogP) is 3.40. The third-order valence-electron chi connectivity index (χ3n) is 5.22. The standard InChI is InChI=1S/C21H19N3O3S/c22-11-16-15-3-1-2-4-17(15)28-21(16)23-20(27)14-7-5-13(6-8-14)12-24-18(25)9-10-19(24)26/h5-8H,1-4,9-10,12H2,(H,23,27). The van der Waals surface area contributed by atoms with Crippen LogP contribution in [0, 0.1) is 11.3 Å². The van der Waals surface area contributed by atoms with Crippen LogP contribution in [0.3, 0.4) is 0 Å². The van der Waals surface area contributed by atoms with E-state index in [1.807, 2.05) is 0 Å². The number of nitrogens with one attached hydrogen (secondary N) is 1. The smallest absolute Gasteiger partial charge is 0.256 e. The molecule has 0 bridgehead atoms. The number of hydrogen-bond acceptors (Lipinski definition) is 5. The van der Waals surface area contributed by atoms with E-state index < -0.39 is 0 Å². The Bertz CT molecular complexity index is 985. The summed E-state index contributed by atoms with van der Waals surface area (Å²) < 4.78 is 0. The summed E-state index contributed by atoms with van der Waals surface area (Å²) >= 11 is 1.50. The van der Waals surface area contributed by atoms with Crippen LogP contribution < -0.4 is 5.32 Å². The zero-order valence-electron chi connectivity index (χ0n) is 15.3. The highest BCUT2D eigenvalue weighted by molar-refractivity contribution is 7.16. The summed E-state index contributed by atoms with van der Waals surface area (Å²) in [5.41, 5.74) is 2.95. The van der Waals surface area contributed by atoms with Crippen molar-refractivity contribution in [2.75, 3.05) is 5.32 Å². The van der Waals surface area contributed by atoms with Crippen molar-refractivity contribution in [2.45, 2.75) is 45.1 Å². The molecule has 1 aliphatic heterocycles. The summed E-state index contributed by atoms with van der Waals surface area (Å²) in [5.74, 6) is -0.579. The lowest BCUT2D eigenvalue weighted by Gasteiger charge is -2.13. The highest BCUT2D eigenvalue weighted by Crippen LogP contribution is 2.37. The van der Waals surface area contributed by atoms with Crippen LogP contribution in [0.4, 0.5) is 5.00 Å². The number of benzene rings is 1. The van der Waals surface area contributed by atoms with Gasteiger partial charge in [-0.2, -0.15) is 5.26 Å². The lowest BCUT2D eigenvalue weighted by atomic mass is 9.96. The molecule has 1 fully saturated rings. The van der Waals surface area contributed by atoms with Crippen LogP contribution in [0.1, 0.15) is 57.6 Å². The molecule has 4 rings (SSSR count). The van der Waals surface area contributed by atoms with Crippen LogP contribution in [0.15, 0.2) is 24.3 Å². The molecule has 0 unspecified atom stereocenters. The number of carbonyl (C=O) groups is 3. The van der Waals surface area contributed by atoms with Gasteiger partial charge in [0.2, 0.25) is 11.8 Å². The summed E-state index contributed by atoms with van der Waals surface area (Å²) in [6, 6.07) is 9.09. The lowest BCUT2D eigenvalue weighted by molar-refractivity contribution is -0.139. The molecule has 0 saturated carbocycles. The first kappa shape index (κ1) is 18.4. The Morgan fingerprint density at radius 2 is 1.75 bits per heavy atom. The van der Waals surface area contributed by atoms with Gasteiger partial charge in [0.15, 0.2) is 0 Å². The minimum Gasteiger partial charge on any atom is -0.312 e. The summed E-state index contributed by atoms with van der Waals surface area (Å²) in [7, 11) is 0. The molecule has 7 heteroatoms. The van der Waals surface area contributed by atoms with E-state index in [2.05, 4.69) is 11.4 Å². The van der Waals surface area contributed by atoms with Crippen LogP contribution >= 0.6 is 11.3 Å². The van der Waals surface area contributed by atoms with Crippen LogP contribution in [-0.4, -0.2) is 22.6 Å². The lowest BCUT2D eigenvalue weighted by Crippen LogP contribution is -2.28. The van der Waals surface area contributed by atoms with Gasteiger partial charge in [-0.25, -0.2) is 0 Å². The number of hydrogen-bond donors (Lipinski definition) is 1. The number of imide groups is 1. The van der Waals surface area contributed by atoms with E-state index in [0.717, 1.165) is 36.8 Å². The maximum atomic E-state index is 12.6. The Labute approximate surface area is 166 Å². The first-order valence-electron chi connectivity index (χ1n) is 9.35. The van der Waals surface area contributed by atoms with Gasteiger partial charge in [0.25, 0.3) is 5.91 Å². The molecule has 1 saturated heterocycles. The van der Waals surface area contributed by atoms with Gasteiger partial charge in [0, 0.05) is 23.3 Å². The monoisotopic (exact) mass is 393 g/mol. The van der Waals surface area contributed by atoms with Crippen molar-refractivity contribution in [3.05, 3.63) is 51.4 Å². The molecule has 2 heterocycles. The average molecular weight is 393 g/mol. The van der Waals surface area contributed by atoms with Crippen LogP contribution in [0.2, 0.25) is 0 Å². The molecular formula is C21H19N3O3S. The predicted molar refractivity (Wildman–Crippen MR) is 105 cm³/mol. The van der Waals surface area contributed by atoms with Crippen molar-refractivity contribution >= 4 is 34.1 Å². The number of rotatable bonds is 4. The van der Waals surface area contributed by atoms with Gasteiger partial charge < -0.3 is 5.32 Å². The SMILES string of the molecule is N#Cc1c(NC(=O)c2ccc(CN3C(=O)CCC3=O)cc2)sc2c1CCCC2. The average Bonchev–Trinajstić information content (AvgIpc) is 3.22. The van der Waals surface area contributed by atoms with Crippen molar-refractivity contribution in [3.8, 4) is 6.07 Å². The van der Waals surface area contributed by atoms with E-state index >= 15 is 0 Å². The molecule has 0 spiro atoms. The van der Waals surface area contributed by atoms with E-state index in [9.17, 15) is 19.6 Å². The highest BCUT2D eigenvalue weighted by atomic mass is 32.1. The highest BCUT2D eigenvalue weighted by Gasteiger charge is 2.28. The van der Waals surface area contributed by atoms with Crippen molar-refractivity contribution in [3.63, 3.8) is 0 Å². The van der Waals surface area contributed by atoms with Gasteiger partial charge in [-0.15, -0.1) is 11.3 Å². The van der Waals surface area contributed by atoms with E-state index in [4.69, 9.17) is 0 Å². The minimum absolute atomic E-state index is 0.155. The molecule has 1 aliphatic carbocycles. The number of anilines is 1. The van der Waals surface area contributed by atoms with Crippen molar-refractivity contribution < 1.29 is 14.4 Å². The molecule has 0 atom stereocenters. The second-order valence-corrected chi connectivity index (χ2v) is 8.16. The largest absolute Gasteiger partial charge is 0.312 e. The van der Waals surface area contributed by atoms with Gasteiger partial charge in [-0.1, -0.05) is 12.1 Å². The van der Waals surface area contributed by atoms with Gasteiger partial charge >= 0.3 is 0 Å². The molecule has 0 radical (unpaired) electrons. The van der Waals surface area contributed by atoms with Crippen LogP contribution in [0.25, 0.3) is 0 Å². The fraction of sp³-hybridized carbons (Fsp3) is 0.333. The molecule has 1 aromatic heterocycles. The molecule has 28 heavy (non-hydrogen) atoms. The number of carbonyl (C=O) groups excluding carboxylic acids is 3. The first-order chi connectivity index (χ1) is 13.6. The summed E-state index contributed by atoms with van der Waals surface area (Å²) in [5, 5.41) is 13.0. The number of nitriles is 1. The Hall–Kier alpha value is -2.98. The second kappa shape index (κ2) is 7.56. The molecule has 2 aliphatic rings. The summed E-state index contributed by atoms with van der Waals surface area (Å²) in [6.07, 6.45) is 4.60. The number of amides is 3. The zero-order valence-corrected chi connectivity index (χ0v) is 16.1. The number of nitrogens with zero attached hydrogens (tertiary/aromatic N) is 2. The molecule has 3 amide bonds. The van der Waals surface area contributed by atoms with Crippen molar-refractivity contribution in [1.82, 2.24) is 4.90 Å². The Morgan fingerprint density at radius 3 is 2.43 bits per heavy atom. The third-order valence-corrected chi connectivity index (χ3v) is 6.43. The topological polar surface area (TPSA) is 90.3 Å². The van der Waals surface area contributed by atoms with E-state index in [-0.39, 0.29) is 37.1 Å². The van der Waals surface area contributed by atoms with Gasteiger partial charge in [-0.05, 0) is 48.9 Å². The Balaban J connectivity index is 1.47. The maximum absolute atomic E-state index is 12.6. The quantitative estimate of drug-likeness (QED) is 0.806. The van der Waals surface area contributed by atoms with Gasteiger partial charge in [-0.3, -0.25) is 19.3 Å². The molecule has 142 valence electrons. The normalized spacial score (nSPS) is 16.0. The number of aryl methyl sites for hydroxylation is 1. The summed E-state index contributed by atoms with van der Waals surface area (Å²) in [4.78, 5) is 38.5. The Kier molecular flexibility index (Phi) is 4.97. The number of fused-ring (bicyclic) bond motifs is 1. The second-order valence-electron chi connectivity index (χ2n) is 7.05. The molecule has 1 aromatic carbocycles. The molecular weight excluding hydrogens is 374 g/mol. The van der Waals surface area contributed by atoms with Crippen molar-refractivity contribution in [2.24, 2.45) is 0 Å². The molecule has 2 aromatic rings. The van der Waals surface area contributed by atoms with Crippen molar-refractivity contribution in [1.29, 1.82) is 5.26 Å². The minimum atomic E-state index is -0.269. The van der Waals surface area contributed by atoms with E-state index in [0.29, 0.717) is 16.1 Å². The number of likely N-dealkylation sites (tertiary alicyclic amines) is 1. The maximum Gasteiger partial charge on any atom is 0.256 e.